The van der Waals surface area contributed by atoms with Crippen molar-refractivity contribution < 1.29 is 4.79 Å². The summed E-state index contributed by atoms with van der Waals surface area (Å²) in [4.78, 5) is 12.5. The van der Waals surface area contributed by atoms with E-state index in [1.54, 1.807) is 0 Å². The molecule has 0 heterocycles. The number of hydrazone groups is 1. The summed E-state index contributed by atoms with van der Waals surface area (Å²) >= 11 is 0. The third-order valence-electron chi connectivity index (χ3n) is 4.08. The van der Waals surface area contributed by atoms with Crippen molar-refractivity contribution in [3.8, 4) is 0 Å². The lowest BCUT2D eigenvalue weighted by atomic mass is 10.0. The first-order valence-corrected chi connectivity index (χ1v) is 12.3. The molecule has 0 bridgehead atoms. The van der Waals surface area contributed by atoms with Gasteiger partial charge in [-0.15, -0.1) is 0 Å². The first-order valence-electron chi connectivity index (χ1n) is 8.86. The predicted octanol–water partition coefficient (Wildman–Crippen LogP) is 5.36. The van der Waals surface area contributed by atoms with E-state index in [2.05, 4.69) is 55.5 Å². The Bertz CT molecular complexity index is 706. The number of Topliss-reactive ketones (excluding diaryl/α,β-unsaturated/α-hetero) is 1. The van der Waals surface area contributed by atoms with E-state index >= 15 is 0 Å². The maximum Gasteiger partial charge on any atom is 0.169 e. The molecule has 3 nitrogen and oxygen atoms in total. The van der Waals surface area contributed by atoms with Crippen LogP contribution in [0, 0.1) is 0 Å². The monoisotopic (exact) mass is 352 g/mol. The first-order chi connectivity index (χ1) is 11.9. The first kappa shape index (κ1) is 19.1. The van der Waals surface area contributed by atoms with E-state index in [9.17, 15) is 4.79 Å². The second-order valence-electron chi connectivity index (χ2n) is 7.20. The van der Waals surface area contributed by atoms with Crippen LogP contribution in [0.25, 0.3) is 0 Å². The Kier molecular flexibility index (Phi) is 6.71. The molecule has 0 atom stereocenters. The maximum absolute atomic E-state index is 12.5. The van der Waals surface area contributed by atoms with Crippen LogP contribution in [-0.2, 0) is 6.54 Å². The highest BCUT2D eigenvalue weighted by molar-refractivity contribution is 6.73. The Hall–Kier alpha value is -2.20. The van der Waals surface area contributed by atoms with Gasteiger partial charge in [0.25, 0.3) is 0 Å². The summed E-state index contributed by atoms with van der Waals surface area (Å²) in [6.07, 6.45) is 1.17. The Morgan fingerprint density at radius 3 is 2.04 bits per heavy atom. The topological polar surface area (TPSA) is 32.7 Å². The highest BCUT2D eigenvalue weighted by Crippen LogP contribution is 2.17. The van der Waals surface area contributed by atoms with Crippen molar-refractivity contribution in [2.75, 3.05) is 0 Å². The van der Waals surface area contributed by atoms with Crippen molar-refractivity contribution in [1.29, 1.82) is 0 Å². The number of benzene rings is 2. The van der Waals surface area contributed by atoms with E-state index < -0.39 is 8.24 Å². The second kappa shape index (κ2) is 8.76. The summed E-state index contributed by atoms with van der Waals surface area (Å²) in [5.41, 5.74) is 2.96. The summed E-state index contributed by atoms with van der Waals surface area (Å²) in [6.45, 7) is 9.71. The van der Waals surface area contributed by atoms with Crippen LogP contribution in [-0.4, -0.2) is 24.4 Å². The SMILES string of the molecule is CC/C(CC(=O)c1ccccc1)=N\N(Cc1ccccc1)[Si](C)(C)C. The fourth-order valence-electron chi connectivity index (χ4n) is 2.49. The van der Waals surface area contributed by atoms with E-state index in [1.807, 2.05) is 36.4 Å². The van der Waals surface area contributed by atoms with E-state index in [0.29, 0.717) is 6.42 Å². The molecule has 0 radical (unpaired) electrons. The fraction of sp³-hybridized carbons (Fsp3) is 0.333. The van der Waals surface area contributed by atoms with Gasteiger partial charge < -0.3 is 4.67 Å². The lowest BCUT2D eigenvalue weighted by molar-refractivity contribution is 0.0999. The zero-order chi connectivity index (χ0) is 18.3. The minimum Gasteiger partial charge on any atom is -0.320 e. The minimum absolute atomic E-state index is 0.136. The van der Waals surface area contributed by atoms with Gasteiger partial charge in [-0.2, -0.15) is 5.10 Å². The molecule has 4 heteroatoms. The van der Waals surface area contributed by atoms with Crippen molar-refractivity contribution in [2.24, 2.45) is 5.10 Å². The van der Waals surface area contributed by atoms with Crippen molar-refractivity contribution in [1.82, 2.24) is 4.67 Å². The van der Waals surface area contributed by atoms with E-state index in [1.165, 1.54) is 5.56 Å². The highest BCUT2D eigenvalue weighted by atomic mass is 28.3. The van der Waals surface area contributed by atoms with E-state index in [-0.39, 0.29) is 5.78 Å². The molecular formula is C21H28N2OSi. The molecule has 0 aliphatic carbocycles. The van der Waals surface area contributed by atoms with Gasteiger partial charge in [0.1, 0.15) is 0 Å². The Morgan fingerprint density at radius 2 is 1.52 bits per heavy atom. The minimum atomic E-state index is -1.64. The molecule has 25 heavy (non-hydrogen) atoms. The summed E-state index contributed by atoms with van der Waals surface area (Å²) in [6, 6.07) is 19.9. The average Bonchev–Trinajstić information content (AvgIpc) is 2.61. The predicted molar refractivity (Wildman–Crippen MR) is 108 cm³/mol. The molecule has 0 fully saturated rings. The quantitative estimate of drug-likeness (QED) is 0.277. The third-order valence-corrected chi connectivity index (χ3v) is 5.89. The summed E-state index contributed by atoms with van der Waals surface area (Å²) in [7, 11) is -1.64. The number of ketones is 1. The Labute approximate surface area is 152 Å². The van der Waals surface area contributed by atoms with Gasteiger partial charge in [0.15, 0.2) is 14.0 Å². The van der Waals surface area contributed by atoms with Gasteiger partial charge in [0.2, 0.25) is 0 Å². The largest absolute Gasteiger partial charge is 0.320 e. The molecule has 0 unspecified atom stereocenters. The van der Waals surface area contributed by atoms with Gasteiger partial charge in [-0.25, -0.2) is 0 Å². The fourth-order valence-corrected chi connectivity index (χ4v) is 3.59. The number of hydrogen-bond donors (Lipinski definition) is 0. The van der Waals surface area contributed by atoms with Gasteiger partial charge in [0.05, 0.1) is 13.0 Å². The standard InChI is InChI=1S/C21H28N2OSi/c1-5-20(16-21(24)19-14-10-7-11-15-19)22-23(25(2,3)4)17-18-12-8-6-9-13-18/h6-15H,5,16-17H2,1-4H3/b22-20+. The van der Waals surface area contributed by atoms with Gasteiger partial charge in [0, 0.05) is 11.3 Å². The lowest BCUT2D eigenvalue weighted by Crippen LogP contribution is -2.42. The van der Waals surface area contributed by atoms with Crippen LogP contribution in [0.15, 0.2) is 65.8 Å². The third kappa shape index (κ3) is 5.98. The van der Waals surface area contributed by atoms with E-state index in [0.717, 1.165) is 24.2 Å². The average molecular weight is 353 g/mol. The molecule has 0 aliphatic rings. The summed E-state index contributed by atoms with van der Waals surface area (Å²) in [5.74, 6) is 0.136. The number of carbonyl (C=O) groups excluding carboxylic acids is 1. The van der Waals surface area contributed by atoms with Crippen LogP contribution >= 0.6 is 0 Å². The number of hydrogen-bond acceptors (Lipinski definition) is 3. The van der Waals surface area contributed by atoms with Gasteiger partial charge >= 0.3 is 0 Å². The second-order valence-corrected chi connectivity index (χ2v) is 12.1. The van der Waals surface area contributed by atoms with Gasteiger partial charge in [-0.05, 0) is 12.0 Å². The smallest absolute Gasteiger partial charge is 0.169 e. The molecule has 0 saturated heterocycles. The molecule has 0 N–H and O–H groups in total. The van der Waals surface area contributed by atoms with Crippen LogP contribution in [0.1, 0.15) is 35.7 Å². The summed E-state index contributed by atoms with van der Waals surface area (Å²) < 4.78 is 2.22. The van der Waals surface area contributed by atoms with Crippen molar-refractivity contribution in [2.45, 2.75) is 46.0 Å². The van der Waals surface area contributed by atoms with Crippen molar-refractivity contribution in [3.05, 3.63) is 71.8 Å². The Morgan fingerprint density at radius 1 is 0.960 bits per heavy atom. The summed E-state index contributed by atoms with van der Waals surface area (Å²) in [5, 5.41) is 4.92. The highest BCUT2D eigenvalue weighted by Gasteiger charge is 2.24. The number of carbonyl (C=O) groups is 1. The molecule has 0 saturated carbocycles. The molecule has 0 aliphatic heterocycles. The zero-order valence-electron chi connectivity index (χ0n) is 15.7. The molecule has 2 aromatic carbocycles. The van der Waals surface area contributed by atoms with Crippen LogP contribution in [0.4, 0.5) is 0 Å². The molecule has 0 spiro atoms. The zero-order valence-corrected chi connectivity index (χ0v) is 16.7. The van der Waals surface area contributed by atoms with Gasteiger partial charge in [-0.1, -0.05) is 87.2 Å². The van der Waals surface area contributed by atoms with Crippen molar-refractivity contribution >= 4 is 19.7 Å². The molecule has 0 aromatic heterocycles. The molecule has 0 amide bonds. The van der Waals surface area contributed by atoms with Crippen LogP contribution in [0.3, 0.4) is 0 Å². The number of nitrogens with zero attached hydrogens (tertiary/aromatic N) is 2. The van der Waals surface area contributed by atoms with Crippen LogP contribution in [0.2, 0.25) is 19.6 Å². The normalized spacial score (nSPS) is 12.1. The maximum atomic E-state index is 12.5. The number of rotatable bonds is 8. The molecule has 2 aromatic rings. The van der Waals surface area contributed by atoms with Crippen LogP contribution in [0.5, 0.6) is 0 Å². The Balaban J connectivity index is 2.18. The molecule has 132 valence electrons. The lowest BCUT2D eigenvalue weighted by Gasteiger charge is -2.32. The van der Waals surface area contributed by atoms with Crippen molar-refractivity contribution in [3.63, 3.8) is 0 Å². The molecular weight excluding hydrogens is 324 g/mol. The van der Waals surface area contributed by atoms with Crippen LogP contribution < -0.4 is 0 Å². The van der Waals surface area contributed by atoms with E-state index in [4.69, 9.17) is 5.10 Å². The van der Waals surface area contributed by atoms with Gasteiger partial charge in [-0.3, -0.25) is 4.79 Å². The molecule has 2 rings (SSSR count).